The summed E-state index contributed by atoms with van der Waals surface area (Å²) in [7, 11) is 0. The number of hydrogen-bond acceptors (Lipinski definition) is 3. The van der Waals surface area contributed by atoms with Crippen molar-refractivity contribution in [3.05, 3.63) is 17.5 Å². The van der Waals surface area contributed by atoms with Gasteiger partial charge in [0, 0.05) is 12.6 Å². The number of rotatable bonds is 2. The molecule has 4 heteroatoms. The Morgan fingerprint density at radius 1 is 1.47 bits per heavy atom. The van der Waals surface area contributed by atoms with Crippen molar-refractivity contribution in [1.82, 2.24) is 9.97 Å². The molecule has 0 spiro atoms. The Hall–Kier alpha value is -0.830. The first-order chi connectivity index (χ1) is 7.31. The fraction of sp³-hybridized carbons (Fsp3) is 0.636. The van der Waals surface area contributed by atoms with Crippen molar-refractivity contribution in [2.45, 2.75) is 38.6 Å². The van der Waals surface area contributed by atoms with Crippen LogP contribution in [-0.4, -0.2) is 22.6 Å². The van der Waals surface area contributed by atoms with Gasteiger partial charge in [-0.25, -0.2) is 4.98 Å². The smallest absolute Gasteiger partial charge is 0.149 e. The van der Waals surface area contributed by atoms with Gasteiger partial charge in [0.15, 0.2) is 0 Å². The molecule has 2 heterocycles. The van der Waals surface area contributed by atoms with Gasteiger partial charge in [-0.1, -0.05) is 18.5 Å². The Bertz CT molecular complexity index is 329. The van der Waals surface area contributed by atoms with Crippen molar-refractivity contribution >= 4 is 17.4 Å². The van der Waals surface area contributed by atoms with Gasteiger partial charge in [-0.15, -0.1) is 0 Å². The summed E-state index contributed by atoms with van der Waals surface area (Å²) in [6.07, 6.45) is 8.36. The quantitative estimate of drug-likeness (QED) is 0.775. The number of nitrogens with zero attached hydrogens (tertiary/aromatic N) is 3. The average molecular weight is 226 g/mol. The second-order valence-corrected chi connectivity index (χ2v) is 4.34. The van der Waals surface area contributed by atoms with Crippen LogP contribution in [0.5, 0.6) is 0 Å². The largest absolute Gasteiger partial charge is 0.352 e. The van der Waals surface area contributed by atoms with Gasteiger partial charge in [0.1, 0.15) is 11.0 Å². The highest BCUT2D eigenvalue weighted by atomic mass is 35.5. The third-order valence-electron chi connectivity index (χ3n) is 2.99. The Morgan fingerprint density at radius 2 is 2.33 bits per heavy atom. The van der Waals surface area contributed by atoms with Crippen molar-refractivity contribution in [2.75, 3.05) is 11.4 Å². The second kappa shape index (κ2) is 4.79. The summed E-state index contributed by atoms with van der Waals surface area (Å²) in [5, 5.41) is 0.480. The topological polar surface area (TPSA) is 29.0 Å². The SMILES string of the molecule is CC[C@H]1CCCCN1c1cncc(Cl)n1. The molecule has 1 aliphatic rings. The number of anilines is 1. The van der Waals surface area contributed by atoms with Crippen LogP contribution >= 0.6 is 11.6 Å². The number of halogens is 1. The molecular formula is C11H16ClN3. The molecule has 0 bridgehead atoms. The van der Waals surface area contributed by atoms with Crippen LogP contribution in [0.2, 0.25) is 5.15 Å². The van der Waals surface area contributed by atoms with Crippen LogP contribution in [0.1, 0.15) is 32.6 Å². The number of aromatic nitrogens is 2. The van der Waals surface area contributed by atoms with E-state index in [2.05, 4.69) is 21.8 Å². The van der Waals surface area contributed by atoms with Gasteiger partial charge in [0.2, 0.25) is 0 Å². The molecule has 0 N–H and O–H groups in total. The standard InChI is InChI=1S/C11H16ClN3/c1-2-9-5-3-4-6-15(9)11-8-13-7-10(12)14-11/h7-9H,2-6H2,1H3/t9-/m0/s1. The fourth-order valence-electron chi connectivity index (χ4n) is 2.20. The third kappa shape index (κ3) is 2.40. The Labute approximate surface area is 95.5 Å². The fourth-order valence-corrected chi connectivity index (χ4v) is 2.34. The zero-order valence-electron chi connectivity index (χ0n) is 8.99. The lowest BCUT2D eigenvalue weighted by Crippen LogP contribution is -2.39. The van der Waals surface area contributed by atoms with Crippen LogP contribution in [0.25, 0.3) is 0 Å². The van der Waals surface area contributed by atoms with Crippen LogP contribution in [0.3, 0.4) is 0 Å². The van der Waals surface area contributed by atoms with Gasteiger partial charge in [-0.05, 0) is 25.7 Å². The van der Waals surface area contributed by atoms with Crippen LogP contribution in [-0.2, 0) is 0 Å². The molecule has 2 rings (SSSR count). The first kappa shape index (κ1) is 10.7. The summed E-state index contributed by atoms with van der Waals surface area (Å²) in [4.78, 5) is 10.8. The summed E-state index contributed by atoms with van der Waals surface area (Å²) in [5.74, 6) is 0.925. The molecule has 0 unspecified atom stereocenters. The minimum Gasteiger partial charge on any atom is -0.352 e. The zero-order valence-corrected chi connectivity index (χ0v) is 9.74. The maximum atomic E-state index is 5.85. The van der Waals surface area contributed by atoms with E-state index in [9.17, 15) is 0 Å². The van der Waals surface area contributed by atoms with Gasteiger partial charge in [-0.2, -0.15) is 0 Å². The molecule has 0 amide bonds. The van der Waals surface area contributed by atoms with E-state index in [4.69, 9.17) is 11.6 Å². The Kier molecular flexibility index (Phi) is 3.41. The molecule has 1 aromatic rings. The summed E-state index contributed by atoms with van der Waals surface area (Å²) in [6, 6.07) is 0.603. The van der Waals surface area contributed by atoms with E-state index in [1.165, 1.54) is 19.3 Å². The van der Waals surface area contributed by atoms with E-state index in [1.54, 1.807) is 12.4 Å². The van der Waals surface area contributed by atoms with Gasteiger partial charge in [0.25, 0.3) is 0 Å². The van der Waals surface area contributed by atoms with Gasteiger partial charge < -0.3 is 4.90 Å². The predicted octanol–water partition coefficient (Wildman–Crippen LogP) is 2.90. The number of hydrogen-bond donors (Lipinski definition) is 0. The lowest BCUT2D eigenvalue weighted by atomic mass is 10.0. The van der Waals surface area contributed by atoms with Crippen molar-refractivity contribution in [2.24, 2.45) is 0 Å². The molecule has 0 aromatic carbocycles. The monoisotopic (exact) mass is 225 g/mol. The maximum absolute atomic E-state index is 5.85. The van der Waals surface area contributed by atoms with Gasteiger partial charge >= 0.3 is 0 Å². The molecule has 3 nitrogen and oxygen atoms in total. The molecule has 1 aromatic heterocycles. The summed E-state index contributed by atoms with van der Waals surface area (Å²) in [5.41, 5.74) is 0. The molecule has 0 aliphatic carbocycles. The average Bonchev–Trinajstić information content (AvgIpc) is 2.29. The van der Waals surface area contributed by atoms with Crippen molar-refractivity contribution < 1.29 is 0 Å². The molecule has 1 aliphatic heterocycles. The highest BCUT2D eigenvalue weighted by Crippen LogP contribution is 2.24. The van der Waals surface area contributed by atoms with E-state index in [0.29, 0.717) is 11.2 Å². The van der Waals surface area contributed by atoms with Crippen LogP contribution in [0.4, 0.5) is 5.82 Å². The van der Waals surface area contributed by atoms with E-state index >= 15 is 0 Å². The zero-order chi connectivity index (χ0) is 10.7. The molecular weight excluding hydrogens is 210 g/mol. The summed E-state index contributed by atoms with van der Waals surface area (Å²) < 4.78 is 0. The number of piperidine rings is 1. The van der Waals surface area contributed by atoms with Crippen molar-refractivity contribution in [3.8, 4) is 0 Å². The van der Waals surface area contributed by atoms with E-state index in [0.717, 1.165) is 18.8 Å². The van der Waals surface area contributed by atoms with E-state index in [1.807, 2.05) is 0 Å². The Morgan fingerprint density at radius 3 is 3.07 bits per heavy atom. The molecule has 1 fully saturated rings. The van der Waals surface area contributed by atoms with E-state index < -0.39 is 0 Å². The molecule has 15 heavy (non-hydrogen) atoms. The normalized spacial score (nSPS) is 21.7. The van der Waals surface area contributed by atoms with Gasteiger partial charge in [-0.3, -0.25) is 4.98 Å². The van der Waals surface area contributed by atoms with Gasteiger partial charge in [0.05, 0.1) is 12.4 Å². The van der Waals surface area contributed by atoms with Crippen LogP contribution in [0.15, 0.2) is 12.4 Å². The van der Waals surface area contributed by atoms with Crippen LogP contribution < -0.4 is 4.90 Å². The molecule has 1 saturated heterocycles. The third-order valence-corrected chi connectivity index (χ3v) is 3.17. The first-order valence-corrected chi connectivity index (χ1v) is 5.93. The lowest BCUT2D eigenvalue weighted by molar-refractivity contribution is 0.446. The minimum absolute atomic E-state index is 0.480. The Balaban J connectivity index is 2.20. The summed E-state index contributed by atoms with van der Waals surface area (Å²) >= 11 is 5.85. The molecule has 82 valence electrons. The van der Waals surface area contributed by atoms with E-state index in [-0.39, 0.29) is 0 Å². The molecule has 0 radical (unpaired) electrons. The highest BCUT2D eigenvalue weighted by Gasteiger charge is 2.22. The van der Waals surface area contributed by atoms with Crippen LogP contribution in [0, 0.1) is 0 Å². The molecule has 1 atom stereocenters. The second-order valence-electron chi connectivity index (χ2n) is 3.95. The maximum Gasteiger partial charge on any atom is 0.149 e. The molecule has 0 saturated carbocycles. The van der Waals surface area contributed by atoms with Crippen molar-refractivity contribution in [1.29, 1.82) is 0 Å². The highest BCUT2D eigenvalue weighted by molar-refractivity contribution is 6.29. The minimum atomic E-state index is 0.480. The predicted molar refractivity (Wildman–Crippen MR) is 62.3 cm³/mol. The lowest BCUT2D eigenvalue weighted by Gasteiger charge is -2.35. The van der Waals surface area contributed by atoms with Crippen molar-refractivity contribution in [3.63, 3.8) is 0 Å². The first-order valence-electron chi connectivity index (χ1n) is 5.55. The summed E-state index contributed by atoms with van der Waals surface area (Å²) in [6.45, 7) is 3.30.